The van der Waals surface area contributed by atoms with E-state index < -0.39 is 0 Å². The summed E-state index contributed by atoms with van der Waals surface area (Å²) in [5.41, 5.74) is 11.9. The summed E-state index contributed by atoms with van der Waals surface area (Å²) in [5.74, 6) is 0.382. The van der Waals surface area contributed by atoms with Crippen LogP contribution in [0.3, 0.4) is 0 Å². The number of hydrazine groups is 1. The highest BCUT2D eigenvalue weighted by molar-refractivity contribution is 6.30. The van der Waals surface area contributed by atoms with Crippen molar-refractivity contribution >= 4 is 34.8 Å². The third-order valence-electron chi connectivity index (χ3n) is 3.30. The summed E-state index contributed by atoms with van der Waals surface area (Å²) >= 11 is 5.87. The van der Waals surface area contributed by atoms with E-state index in [0.717, 1.165) is 0 Å². The maximum absolute atomic E-state index is 12.1. The molecular formula is C15H19ClN6O2. The molecule has 0 bridgehead atoms. The summed E-state index contributed by atoms with van der Waals surface area (Å²) < 4.78 is 0. The van der Waals surface area contributed by atoms with Gasteiger partial charge in [-0.2, -0.15) is 0 Å². The molecule has 1 aromatic heterocycles. The number of anilines is 3. The molecule has 0 spiro atoms. The zero-order chi connectivity index (χ0) is 17.5. The van der Waals surface area contributed by atoms with Crippen LogP contribution in [0.15, 0.2) is 30.6 Å². The fourth-order valence-corrected chi connectivity index (χ4v) is 2.28. The van der Waals surface area contributed by atoms with Crippen molar-refractivity contribution in [2.24, 2.45) is 0 Å². The first-order valence-corrected chi connectivity index (χ1v) is 7.72. The standard InChI is InChI=1S/C15H19ClN6O2/c1-2-22(6-7-23)14-12(17)13(18-9-19-14)20-21-15(24)10-4-3-5-11(16)8-10/h3-5,8-9,23H,2,6-7,17H2,1H3,(H,21,24)(H,18,19,20). The number of hydrogen-bond acceptors (Lipinski definition) is 7. The van der Waals surface area contributed by atoms with Crippen LogP contribution in [0.25, 0.3) is 0 Å². The molecule has 128 valence electrons. The third kappa shape index (κ3) is 4.24. The molecule has 2 aromatic rings. The van der Waals surface area contributed by atoms with E-state index in [4.69, 9.17) is 22.4 Å². The van der Waals surface area contributed by atoms with Crippen molar-refractivity contribution in [3.05, 3.63) is 41.2 Å². The fraction of sp³-hybridized carbons (Fsp3) is 0.267. The second-order valence-corrected chi connectivity index (χ2v) is 5.29. The van der Waals surface area contributed by atoms with E-state index in [0.29, 0.717) is 29.5 Å². The molecule has 24 heavy (non-hydrogen) atoms. The Labute approximate surface area is 144 Å². The van der Waals surface area contributed by atoms with Gasteiger partial charge in [-0.15, -0.1) is 0 Å². The highest BCUT2D eigenvalue weighted by Crippen LogP contribution is 2.25. The van der Waals surface area contributed by atoms with E-state index >= 15 is 0 Å². The number of halogens is 1. The maximum atomic E-state index is 12.1. The topological polar surface area (TPSA) is 116 Å². The number of hydrogen-bond donors (Lipinski definition) is 4. The van der Waals surface area contributed by atoms with Crippen LogP contribution >= 0.6 is 11.6 Å². The quantitative estimate of drug-likeness (QED) is 0.556. The van der Waals surface area contributed by atoms with Gasteiger partial charge in [0.2, 0.25) is 0 Å². The minimum absolute atomic E-state index is 0.0223. The summed E-state index contributed by atoms with van der Waals surface area (Å²) in [5, 5.41) is 9.57. The number of rotatable bonds is 7. The smallest absolute Gasteiger partial charge is 0.269 e. The lowest BCUT2D eigenvalue weighted by atomic mass is 10.2. The highest BCUT2D eigenvalue weighted by atomic mass is 35.5. The number of benzene rings is 1. The first-order valence-electron chi connectivity index (χ1n) is 7.35. The first-order chi connectivity index (χ1) is 11.6. The Bertz CT molecular complexity index is 712. The number of carbonyl (C=O) groups excluding carboxylic acids is 1. The van der Waals surface area contributed by atoms with Crippen LogP contribution in [0.1, 0.15) is 17.3 Å². The zero-order valence-corrected chi connectivity index (χ0v) is 13.9. The van der Waals surface area contributed by atoms with E-state index in [2.05, 4.69) is 20.8 Å². The summed E-state index contributed by atoms with van der Waals surface area (Å²) in [6.07, 6.45) is 1.33. The van der Waals surface area contributed by atoms with E-state index in [1.165, 1.54) is 6.33 Å². The summed E-state index contributed by atoms with van der Waals surface area (Å²) in [6, 6.07) is 6.55. The van der Waals surface area contributed by atoms with Crippen molar-refractivity contribution in [2.75, 3.05) is 35.8 Å². The van der Waals surface area contributed by atoms with Crippen LogP contribution in [0, 0.1) is 0 Å². The van der Waals surface area contributed by atoms with Gasteiger partial charge in [0.25, 0.3) is 5.91 Å². The molecule has 0 aliphatic rings. The lowest BCUT2D eigenvalue weighted by Crippen LogP contribution is -2.32. The number of aromatic nitrogens is 2. The van der Waals surface area contributed by atoms with Gasteiger partial charge in [0.15, 0.2) is 11.6 Å². The molecule has 2 rings (SSSR count). The molecule has 9 heteroatoms. The van der Waals surface area contributed by atoms with Crippen molar-refractivity contribution in [2.45, 2.75) is 6.92 Å². The molecule has 1 amide bonds. The predicted molar refractivity (Wildman–Crippen MR) is 94.0 cm³/mol. The Kier molecular flexibility index (Phi) is 6.16. The van der Waals surface area contributed by atoms with Gasteiger partial charge in [-0.05, 0) is 25.1 Å². The van der Waals surface area contributed by atoms with Gasteiger partial charge in [0.05, 0.1) is 6.61 Å². The molecule has 0 aliphatic carbocycles. The number of aliphatic hydroxyl groups is 1. The van der Waals surface area contributed by atoms with Crippen molar-refractivity contribution in [3.63, 3.8) is 0 Å². The van der Waals surface area contributed by atoms with Gasteiger partial charge < -0.3 is 15.7 Å². The van der Waals surface area contributed by atoms with Crippen molar-refractivity contribution in [1.82, 2.24) is 15.4 Å². The number of nitrogens with two attached hydrogens (primary N) is 1. The number of nitrogens with one attached hydrogen (secondary N) is 2. The average Bonchev–Trinajstić information content (AvgIpc) is 2.59. The number of amides is 1. The molecular weight excluding hydrogens is 332 g/mol. The Hall–Kier alpha value is -2.58. The SMILES string of the molecule is CCN(CCO)c1ncnc(NNC(=O)c2cccc(Cl)c2)c1N. The molecule has 0 saturated heterocycles. The minimum atomic E-state index is -0.375. The fourth-order valence-electron chi connectivity index (χ4n) is 2.09. The van der Waals surface area contributed by atoms with Gasteiger partial charge in [-0.1, -0.05) is 17.7 Å². The third-order valence-corrected chi connectivity index (χ3v) is 3.53. The molecule has 0 radical (unpaired) electrons. The number of nitrogens with zero attached hydrogens (tertiary/aromatic N) is 3. The second-order valence-electron chi connectivity index (χ2n) is 4.85. The summed E-state index contributed by atoms with van der Waals surface area (Å²) in [4.78, 5) is 22.1. The maximum Gasteiger partial charge on any atom is 0.269 e. The van der Waals surface area contributed by atoms with Crippen LogP contribution in [0.4, 0.5) is 17.3 Å². The van der Waals surface area contributed by atoms with Gasteiger partial charge in [0, 0.05) is 23.7 Å². The molecule has 0 fully saturated rings. The van der Waals surface area contributed by atoms with Crippen LogP contribution in [0.2, 0.25) is 5.02 Å². The summed E-state index contributed by atoms with van der Waals surface area (Å²) in [6.45, 7) is 2.92. The normalized spacial score (nSPS) is 10.3. The Balaban J connectivity index is 2.11. The Morgan fingerprint density at radius 2 is 2.21 bits per heavy atom. The Morgan fingerprint density at radius 3 is 2.88 bits per heavy atom. The first kappa shape index (κ1) is 17.8. The molecule has 0 saturated carbocycles. The number of nitrogen functional groups attached to an aromatic ring is 1. The van der Waals surface area contributed by atoms with Gasteiger partial charge in [-0.25, -0.2) is 9.97 Å². The van der Waals surface area contributed by atoms with Crippen LogP contribution in [-0.4, -0.2) is 40.7 Å². The molecule has 8 nitrogen and oxygen atoms in total. The second kappa shape index (κ2) is 8.32. The minimum Gasteiger partial charge on any atom is -0.395 e. The number of aliphatic hydroxyl groups excluding tert-OH is 1. The van der Waals surface area contributed by atoms with E-state index in [9.17, 15) is 4.79 Å². The lowest BCUT2D eigenvalue weighted by molar-refractivity contribution is 0.0962. The van der Waals surface area contributed by atoms with Crippen molar-refractivity contribution in [1.29, 1.82) is 0 Å². The van der Waals surface area contributed by atoms with E-state index in [-0.39, 0.29) is 24.0 Å². The molecule has 0 aliphatic heterocycles. The van der Waals surface area contributed by atoms with Gasteiger partial charge >= 0.3 is 0 Å². The number of likely N-dealkylation sites (N-methyl/N-ethyl adjacent to an activating group) is 1. The molecule has 0 unspecified atom stereocenters. The number of carbonyl (C=O) groups is 1. The van der Waals surface area contributed by atoms with E-state index in [1.807, 2.05) is 6.92 Å². The zero-order valence-electron chi connectivity index (χ0n) is 13.2. The van der Waals surface area contributed by atoms with E-state index in [1.54, 1.807) is 29.2 Å². The molecule has 5 N–H and O–H groups in total. The predicted octanol–water partition coefficient (Wildman–Crippen LogP) is 1.29. The van der Waals surface area contributed by atoms with Gasteiger partial charge in [0.1, 0.15) is 12.0 Å². The monoisotopic (exact) mass is 350 g/mol. The Morgan fingerprint density at radius 1 is 1.42 bits per heavy atom. The molecule has 0 atom stereocenters. The van der Waals surface area contributed by atoms with Gasteiger partial charge in [-0.3, -0.25) is 15.6 Å². The largest absolute Gasteiger partial charge is 0.395 e. The van der Waals surface area contributed by atoms with Crippen molar-refractivity contribution in [3.8, 4) is 0 Å². The van der Waals surface area contributed by atoms with Crippen LogP contribution in [-0.2, 0) is 0 Å². The van der Waals surface area contributed by atoms with Crippen LogP contribution in [0.5, 0.6) is 0 Å². The molecule has 1 aromatic carbocycles. The molecule has 1 heterocycles. The van der Waals surface area contributed by atoms with Crippen molar-refractivity contribution < 1.29 is 9.90 Å². The summed E-state index contributed by atoms with van der Waals surface area (Å²) in [7, 11) is 0. The van der Waals surface area contributed by atoms with Crippen LogP contribution < -0.4 is 21.5 Å². The lowest BCUT2D eigenvalue weighted by Gasteiger charge is -2.23. The average molecular weight is 351 g/mol. The highest BCUT2D eigenvalue weighted by Gasteiger charge is 2.14.